The third kappa shape index (κ3) is 32.7. The van der Waals surface area contributed by atoms with Gasteiger partial charge in [0.15, 0.2) is 0 Å². The molecule has 0 aliphatic carbocycles. The summed E-state index contributed by atoms with van der Waals surface area (Å²) < 4.78 is 6.28. The number of unbranched alkanes of at least 4 members (excludes halogenated alkanes) is 25. The second-order valence-corrected chi connectivity index (χ2v) is 14.2. The molecule has 0 amide bonds. The molecule has 0 bridgehead atoms. The summed E-state index contributed by atoms with van der Waals surface area (Å²) in [5.74, 6) is 0.642. The Morgan fingerprint density at radius 1 is 0.372 bits per heavy atom. The van der Waals surface area contributed by atoms with Gasteiger partial charge in [-0.2, -0.15) is 0 Å². The Bertz CT molecular complexity index is 530. The zero-order valence-electron chi connectivity index (χ0n) is 30.5. The summed E-state index contributed by atoms with van der Waals surface area (Å²) in [4.78, 5) is 13.3. The molecule has 0 radical (unpaired) electrons. The van der Waals surface area contributed by atoms with Gasteiger partial charge in [-0.3, -0.25) is 4.79 Å². The molecule has 43 heavy (non-hydrogen) atoms. The first-order valence-corrected chi connectivity index (χ1v) is 20.4. The van der Waals surface area contributed by atoms with E-state index in [9.17, 15) is 4.79 Å². The Morgan fingerprint density at radius 2 is 0.628 bits per heavy atom. The van der Waals surface area contributed by atoms with Crippen LogP contribution in [-0.2, 0) is 9.53 Å². The highest BCUT2D eigenvalue weighted by Gasteiger charge is 2.19. The predicted octanol–water partition coefficient (Wildman–Crippen LogP) is 14.9. The van der Waals surface area contributed by atoms with Crippen molar-refractivity contribution in [1.29, 1.82) is 0 Å². The average molecular weight is 607 g/mol. The van der Waals surface area contributed by atoms with Crippen LogP contribution in [-0.4, -0.2) is 12.1 Å². The van der Waals surface area contributed by atoms with Crippen LogP contribution in [0.25, 0.3) is 0 Å². The molecule has 0 saturated heterocycles. The molecule has 0 heterocycles. The highest BCUT2D eigenvalue weighted by Crippen LogP contribution is 2.25. The van der Waals surface area contributed by atoms with E-state index in [2.05, 4.69) is 27.7 Å². The minimum atomic E-state index is 0.113. The highest BCUT2D eigenvalue weighted by atomic mass is 16.5. The van der Waals surface area contributed by atoms with Crippen LogP contribution in [0, 0.1) is 5.92 Å². The van der Waals surface area contributed by atoms with Crippen LogP contribution in [0.5, 0.6) is 0 Å². The molecule has 0 aromatic heterocycles. The molecule has 0 fully saturated rings. The molecule has 258 valence electrons. The largest absolute Gasteiger partial charge is 0.462 e. The smallest absolute Gasteiger partial charge is 0.306 e. The first-order chi connectivity index (χ1) is 21.2. The Balaban J connectivity index is 4.66. The molecule has 0 aromatic rings. The van der Waals surface area contributed by atoms with Crippen LogP contribution in [0.4, 0.5) is 0 Å². The Morgan fingerprint density at radius 3 is 0.930 bits per heavy atom. The van der Waals surface area contributed by atoms with Gasteiger partial charge in [0.2, 0.25) is 0 Å². The molecular weight excluding hydrogens is 524 g/mol. The Kier molecular flexibility index (Phi) is 35.5. The summed E-state index contributed by atoms with van der Waals surface area (Å²) in [7, 11) is 0. The quantitative estimate of drug-likeness (QED) is 0.0524. The lowest BCUT2D eigenvalue weighted by Gasteiger charge is -2.21. The molecule has 0 aliphatic rings. The van der Waals surface area contributed by atoms with Gasteiger partial charge in [0.05, 0.1) is 0 Å². The van der Waals surface area contributed by atoms with E-state index in [1.807, 2.05) is 0 Å². The van der Waals surface area contributed by atoms with Crippen molar-refractivity contribution in [3.8, 4) is 0 Å². The summed E-state index contributed by atoms with van der Waals surface area (Å²) in [6.45, 7) is 9.17. The van der Waals surface area contributed by atoms with Gasteiger partial charge in [-0.1, -0.05) is 201 Å². The SMILES string of the molecule is CCCCCCCCCCCC(CCCCCCCC)OC(=O)CC(CCCCCCCC)CCCCCCCCCC. The van der Waals surface area contributed by atoms with Crippen molar-refractivity contribution in [3.63, 3.8) is 0 Å². The van der Waals surface area contributed by atoms with Crippen molar-refractivity contribution in [2.45, 2.75) is 252 Å². The van der Waals surface area contributed by atoms with Crippen LogP contribution in [0.3, 0.4) is 0 Å². The molecule has 2 nitrogen and oxygen atoms in total. The molecule has 0 saturated carbocycles. The first-order valence-electron chi connectivity index (χ1n) is 20.4. The first kappa shape index (κ1) is 42.5. The lowest BCUT2D eigenvalue weighted by atomic mass is 9.91. The van der Waals surface area contributed by atoms with Crippen molar-refractivity contribution in [1.82, 2.24) is 0 Å². The topological polar surface area (TPSA) is 26.3 Å². The fraction of sp³-hybridized carbons (Fsp3) is 0.976. The number of hydrogen-bond acceptors (Lipinski definition) is 2. The molecule has 0 N–H and O–H groups in total. The minimum absolute atomic E-state index is 0.113. The number of rotatable bonds is 36. The van der Waals surface area contributed by atoms with Gasteiger partial charge in [0, 0.05) is 6.42 Å². The maximum absolute atomic E-state index is 13.3. The summed E-state index contributed by atoms with van der Waals surface area (Å²) in [6, 6.07) is 0. The van der Waals surface area contributed by atoms with E-state index in [-0.39, 0.29) is 12.1 Å². The van der Waals surface area contributed by atoms with E-state index in [0.717, 1.165) is 12.8 Å². The van der Waals surface area contributed by atoms with Gasteiger partial charge in [-0.25, -0.2) is 0 Å². The van der Waals surface area contributed by atoms with Crippen molar-refractivity contribution >= 4 is 5.97 Å². The molecule has 0 aromatic carbocycles. The van der Waals surface area contributed by atoms with Crippen LogP contribution in [0.1, 0.15) is 246 Å². The van der Waals surface area contributed by atoms with Crippen molar-refractivity contribution in [2.24, 2.45) is 5.92 Å². The lowest BCUT2D eigenvalue weighted by molar-refractivity contribution is -0.151. The van der Waals surface area contributed by atoms with Gasteiger partial charge < -0.3 is 4.74 Å². The van der Waals surface area contributed by atoms with Gasteiger partial charge in [-0.05, 0) is 44.4 Å². The average Bonchev–Trinajstić information content (AvgIpc) is 3.00. The van der Waals surface area contributed by atoms with Gasteiger partial charge in [0.1, 0.15) is 6.10 Å². The van der Waals surface area contributed by atoms with Gasteiger partial charge >= 0.3 is 5.97 Å². The molecule has 0 spiro atoms. The Labute approximate surface area is 273 Å². The maximum atomic E-state index is 13.3. The second-order valence-electron chi connectivity index (χ2n) is 14.2. The fourth-order valence-electron chi connectivity index (χ4n) is 6.70. The van der Waals surface area contributed by atoms with Crippen LogP contribution in [0.15, 0.2) is 0 Å². The van der Waals surface area contributed by atoms with Crippen molar-refractivity contribution < 1.29 is 9.53 Å². The number of carbonyl (C=O) groups is 1. The Hall–Kier alpha value is -0.530. The van der Waals surface area contributed by atoms with Gasteiger partial charge in [0.25, 0.3) is 0 Å². The zero-order valence-corrected chi connectivity index (χ0v) is 30.5. The molecule has 0 rings (SSSR count). The standard InChI is InChI=1S/C41H82O2/c1-5-9-13-17-21-23-25-29-33-37-40(36-32-28-20-16-12-8-4)43-41(42)38-39(34-30-26-19-15-11-7-3)35-31-27-24-22-18-14-10-6-2/h39-40H,5-38H2,1-4H3. The van der Waals surface area contributed by atoms with Crippen LogP contribution >= 0.6 is 0 Å². The summed E-state index contributed by atoms with van der Waals surface area (Å²) in [5.41, 5.74) is 0. The van der Waals surface area contributed by atoms with Crippen molar-refractivity contribution in [2.75, 3.05) is 0 Å². The van der Waals surface area contributed by atoms with Crippen LogP contribution < -0.4 is 0 Å². The van der Waals surface area contributed by atoms with Crippen molar-refractivity contribution in [3.05, 3.63) is 0 Å². The normalized spacial score (nSPS) is 12.9. The van der Waals surface area contributed by atoms with E-state index in [4.69, 9.17) is 4.74 Å². The number of ether oxygens (including phenoxy) is 1. The molecule has 2 heteroatoms. The number of hydrogen-bond donors (Lipinski definition) is 0. The second kappa shape index (κ2) is 35.9. The molecule has 0 aliphatic heterocycles. The third-order valence-corrected chi connectivity index (χ3v) is 9.69. The lowest BCUT2D eigenvalue weighted by Crippen LogP contribution is -2.21. The zero-order chi connectivity index (χ0) is 31.5. The molecular formula is C41H82O2. The van der Waals surface area contributed by atoms with Gasteiger partial charge in [-0.15, -0.1) is 0 Å². The molecule has 2 atom stereocenters. The summed E-state index contributed by atoms with van der Waals surface area (Å²) in [6.07, 6.45) is 44.5. The van der Waals surface area contributed by atoms with E-state index in [1.54, 1.807) is 0 Å². The van der Waals surface area contributed by atoms with E-state index in [0.29, 0.717) is 12.3 Å². The van der Waals surface area contributed by atoms with E-state index in [1.165, 1.54) is 199 Å². The predicted molar refractivity (Wildman–Crippen MR) is 193 cm³/mol. The third-order valence-electron chi connectivity index (χ3n) is 9.69. The monoisotopic (exact) mass is 607 g/mol. The number of carbonyl (C=O) groups excluding carboxylic acids is 1. The summed E-state index contributed by atoms with van der Waals surface area (Å²) in [5, 5.41) is 0. The summed E-state index contributed by atoms with van der Waals surface area (Å²) >= 11 is 0. The highest BCUT2D eigenvalue weighted by molar-refractivity contribution is 5.69. The van der Waals surface area contributed by atoms with E-state index < -0.39 is 0 Å². The van der Waals surface area contributed by atoms with Crippen LogP contribution in [0.2, 0.25) is 0 Å². The minimum Gasteiger partial charge on any atom is -0.462 e. The number of esters is 1. The maximum Gasteiger partial charge on any atom is 0.306 e. The molecule has 2 unspecified atom stereocenters. The van der Waals surface area contributed by atoms with E-state index >= 15 is 0 Å². The fourth-order valence-corrected chi connectivity index (χ4v) is 6.70.